The fraction of sp³-hybridized carbons (Fsp3) is 0.500. The molecule has 0 fully saturated rings. The minimum Gasteiger partial charge on any atom is -0.464 e. The van der Waals surface area contributed by atoms with Crippen LogP contribution in [-0.4, -0.2) is 11.8 Å². The van der Waals surface area contributed by atoms with Gasteiger partial charge in [0.15, 0.2) is 11.9 Å². The molecular weight excluding hydrogens is 283 g/mol. The monoisotopic (exact) mass is 294 g/mol. The van der Waals surface area contributed by atoms with Gasteiger partial charge in [0.1, 0.15) is 0 Å². The third kappa shape index (κ3) is 3.54. The molecule has 1 rings (SSSR count). The van der Waals surface area contributed by atoms with Crippen molar-refractivity contribution in [2.24, 2.45) is 0 Å². The van der Waals surface area contributed by atoms with E-state index in [9.17, 15) is 4.79 Å². The highest BCUT2D eigenvalue weighted by molar-refractivity contribution is 9.10. The summed E-state index contributed by atoms with van der Waals surface area (Å²) in [5, 5.41) is 0. The first kappa shape index (κ1) is 12.6. The van der Waals surface area contributed by atoms with Crippen LogP contribution >= 0.6 is 27.5 Å². The zero-order valence-corrected chi connectivity index (χ0v) is 10.7. The molecule has 1 atom stereocenters. The summed E-state index contributed by atoms with van der Waals surface area (Å²) in [5.41, 5.74) is 0. The molecule has 0 N–H and O–H groups in total. The van der Waals surface area contributed by atoms with Gasteiger partial charge in [-0.3, -0.25) is 4.79 Å². The predicted octanol–water partition coefficient (Wildman–Crippen LogP) is 3.67. The first-order chi connectivity index (χ1) is 7.19. The van der Waals surface area contributed by atoms with E-state index in [2.05, 4.69) is 15.9 Å². The van der Waals surface area contributed by atoms with Crippen molar-refractivity contribution in [1.29, 1.82) is 0 Å². The summed E-state index contributed by atoms with van der Waals surface area (Å²) in [4.78, 5) is 11.3. The Kier molecular flexibility index (Phi) is 5.19. The minimum absolute atomic E-state index is 0.182. The molecule has 0 bridgehead atoms. The Hall–Kier alpha value is -0.480. The molecule has 0 unspecified atom stereocenters. The van der Waals surface area contributed by atoms with Gasteiger partial charge in [-0.05, 0) is 28.4 Å². The number of ether oxygens (including phenoxy) is 1. The van der Waals surface area contributed by atoms with Gasteiger partial charge in [0.25, 0.3) is 0 Å². The SMILES string of the molecule is CCCC(=O)O[C@H](CCl)c1occc1Br. The van der Waals surface area contributed by atoms with E-state index in [1.807, 2.05) is 6.92 Å². The van der Waals surface area contributed by atoms with Crippen LogP contribution in [0, 0.1) is 0 Å². The molecule has 0 radical (unpaired) electrons. The van der Waals surface area contributed by atoms with Crippen molar-refractivity contribution in [2.75, 3.05) is 5.88 Å². The van der Waals surface area contributed by atoms with Crippen LogP contribution in [0.25, 0.3) is 0 Å². The number of hydrogen-bond donors (Lipinski definition) is 0. The van der Waals surface area contributed by atoms with E-state index in [0.29, 0.717) is 12.2 Å². The van der Waals surface area contributed by atoms with Crippen LogP contribution < -0.4 is 0 Å². The van der Waals surface area contributed by atoms with Gasteiger partial charge in [0, 0.05) is 6.42 Å². The summed E-state index contributed by atoms with van der Waals surface area (Å²) in [6.45, 7) is 1.92. The number of alkyl halides is 1. The third-order valence-electron chi connectivity index (χ3n) is 1.81. The highest BCUT2D eigenvalue weighted by atomic mass is 79.9. The van der Waals surface area contributed by atoms with Crippen molar-refractivity contribution in [2.45, 2.75) is 25.9 Å². The van der Waals surface area contributed by atoms with Crippen molar-refractivity contribution in [1.82, 2.24) is 0 Å². The number of carbonyl (C=O) groups is 1. The van der Waals surface area contributed by atoms with Gasteiger partial charge < -0.3 is 9.15 Å². The Labute approximate surface area is 102 Å². The van der Waals surface area contributed by atoms with Crippen molar-refractivity contribution in [3.05, 3.63) is 22.6 Å². The number of carbonyl (C=O) groups excluding carboxylic acids is 1. The average Bonchev–Trinajstić information content (AvgIpc) is 2.61. The molecule has 0 amide bonds. The van der Waals surface area contributed by atoms with E-state index in [-0.39, 0.29) is 11.8 Å². The Bertz CT molecular complexity index is 324. The number of halogens is 2. The van der Waals surface area contributed by atoms with Crippen molar-refractivity contribution < 1.29 is 13.9 Å². The Morgan fingerprint density at radius 1 is 1.73 bits per heavy atom. The lowest BCUT2D eigenvalue weighted by molar-refractivity contribution is -0.149. The van der Waals surface area contributed by atoms with Gasteiger partial charge in [-0.2, -0.15) is 0 Å². The molecule has 1 heterocycles. The van der Waals surface area contributed by atoms with Gasteiger partial charge in [-0.1, -0.05) is 6.92 Å². The van der Waals surface area contributed by atoms with Gasteiger partial charge in [-0.25, -0.2) is 0 Å². The fourth-order valence-corrected chi connectivity index (χ4v) is 1.77. The molecule has 84 valence electrons. The maximum absolute atomic E-state index is 11.3. The van der Waals surface area contributed by atoms with Crippen LogP contribution in [-0.2, 0) is 9.53 Å². The van der Waals surface area contributed by atoms with Crippen LogP contribution in [0.4, 0.5) is 0 Å². The molecule has 0 spiro atoms. The molecule has 0 aliphatic rings. The van der Waals surface area contributed by atoms with E-state index in [1.54, 1.807) is 6.07 Å². The quantitative estimate of drug-likeness (QED) is 0.614. The molecule has 1 aromatic rings. The molecule has 0 saturated carbocycles. The van der Waals surface area contributed by atoms with Crippen LogP contribution in [0.2, 0.25) is 0 Å². The summed E-state index contributed by atoms with van der Waals surface area (Å²) in [6.07, 6.45) is 2.15. The molecule has 5 heteroatoms. The van der Waals surface area contributed by atoms with Crippen LogP contribution in [0.15, 0.2) is 21.2 Å². The molecule has 0 aromatic carbocycles. The molecular formula is C10H12BrClO3. The maximum Gasteiger partial charge on any atom is 0.306 e. The summed E-state index contributed by atoms with van der Waals surface area (Å²) in [7, 11) is 0. The highest BCUT2D eigenvalue weighted by Crippen LogP contribution is 2.28. The third-order valence-corrected chi connectivity index (χ3v) is 2.74. The lowest BCUT2D eigenvalue weighted by atomic mass is 10.3. The smallest absolute Gasteiger partial charge is 0.306 e. The average molecular weight is 296 g/mol. The van der Waals surface area contributed by atoms with Gasteiger partial charge >= 0.3 is 5.97 Å². The largest absolute Gasteiger partial charge is 0.464 e. The fourth-order valence-electron chi connectivity index (χ4n) is 1.11. The Morgan fingerprint density at radius 3 is 2.93 bits per heavy atom. The summed E-state index contributed by atoms with van der Waals surface area (Å²) < 4.78 is 11.1. The van der Waals surface area contributed by atoms with E-state index < -0.39 is 6.10 Å². The van der Waals surface area contributed by atoms with Crippen molar-refractivity contribution in [3.63, 3.8) is 0 Å². The lowest BCUT2D eigenvalue weighted by Gasteiger charge is -2.13. The zero-order chi connectivity index (χ0) is 11.3. The standard InChI is InChI=1S/C10H12BrClO3/c1-2-3-9(13)15-8(6-12)10-7(11)4-5-14-10/h4-5,8H,2-3,6H2,1H3/t8-/m1/s1. The van der Waals surface area contributed by atoms with Gasteiger partial charge in [-0.15, -0.1) is 11.6 Å². The van der Waals surface area contributed by atoms with Gasteiger partial charge in [0.2, 0.25) is 0 Å². The van der Waals surface area contributed by atoms with E-state index in [0.717, 1.165) is 10.9 Å². The minimum atomic E-state index is -0.518. The molecule has 3 nitrogen and oxygen atoms in total. The Balaban J connectivity index is 2.64. The first-order valence-corrected chi connectivity index (χ1v) is 6.00. The molecule has 0 saturated heterocycles. The second kappa shape index (κ2) is 6.18. The second-order valence-electron chi connectivity index (χ2n) is 3.02. The Morgan fingerprint density at radius 2 is 2.47 bits per heavy atom. The zero-order valence-electron chi connectivity index (χ0n) is 8.33. The van der Waals surface area contributed by atoms with E-state index in [1.165, 1.54) is 6.26 Å². The number of esters is 1. The molecule has 15 heavy (non-hydrogen) atoms. The number of hydrogen-bond acceptors (Lipinski definition) is 3. The van der Waals surface area contributed by atoms with Crippen LogP contribution in [0.1, 0.15) is 31.6 Å². The highest BCUT2D eigenvalue weighted by Gasteiger charge is 2.20. The second-order valence-corrected chi connectivity index (χ2v) is 4.18. The summed E-state index contributed by atoms with van der Waals surface area (Å²) >= 11 is 9.01. The molecule has 1 aromatic heterocycles. The maximum atomic E-state index is 11.3. The lowest BCUT2D eigenvalue weighted by Crippen LogP contribution is -2.12. The van der Waals surface area contributed by atoms with E-state index in [4.69, 9.17) is 20.8 Å². The summed E-state index contributed by atoms with van der Waals surface area (Å²) in [6, 6.07) is 1.74. The van der Waals surface area contributed by atoms with Crippen LogP contribution in [0.5, 0.6) is 0 Å². The predicted molar refractivity (Wildman–Crippen MR) is 60.9 cm³/mol. The molecule has 0 aliphatic heterocycles. The molecule has 0 aliphatic carbocycles. The van der Waals surface area contributed by atoms with E-state index >= 15 is 0 Å². The van der Waals surface area contributed by atoms with Gasteiger partial charge in [0.05, 0.1) is 16.6 Å². The summed E-state index contributed by atoms with van der Waals surface area (Å²) in [5.74, 6) is 0.475. The van der Waals surface area contributed by atoms with Crippen molar-refractivity contribution in [3.8, 4) is 0 Å². The van der Waals surface area contributed by atoms with Crippen LogP contribution in [0.3, 0.4) is 0 Å². The first-order valence-electron chi connectivity index (χ1n) is 4.67. The van der Waals surface area contributed by atoms with Crippen molar-refractivity contribution >= 4 is 33.5 Å². The topological polar surface area (TPSA) is 39.4 Å². The number of furan rings is 1. The number of rotatable bonds is 5. The normalized spacial score (nSPS) is 12.5.